The lowest BCUT2D eigenvalue weighted by Gasteiger charge is -2.10. The summed E-state index contributed by atoms with van der Waals surface area (Å²) in [5.74, 6) is -1.44. The fraction of sp³-hybridized carbons (Fsp3) is 0.158. The van der Waals surface area contributed by atoms with Crippen LogP contribution in [0.15, 0.2) is 54.6 Å². The second-order valence-corrected chi connectivity index (χ2v) is 5.75. The van der Waals surface area contributed by atoms with Crippen LogP contribution in [0.1, 0.15) is 18.0 Å². The van der Waals surface area contributed by atoms with E-state index in [-0.39, 0.29) is 6.42 Å². The molecule has 1 aliphatic rings. The third kappa shape index (κ3) is 2.06. The van der Waals surface area contributed by atoms with Crippen molar-refractivity contribution in [2.45, 2.75) is 12.3 Å². The van der Waals surface area contributed by atoms with Gasteiger partial charge in [0.2, 0.25) is 0 Å². The van der Waals surface area contributed by atoms with E-state index in [2.05, 4.69) is 0 Å². The van der Waals surface area contributed by atoms with Crippen LogP contribution in [0.3, 0.4) is 0 Å². The molecule has 1 unspecified atom stereocenters. The number of fused-ring (bicyclic) bond motifs is 1. The van der Waals surface area contributed by atoms with Crippen molar-refractivity contribution in [2.24, 2.45) is 7.05 Å². The lowest BCUT2D eigenvalue weighted by molar-refractivity contribution is -0.152. The van der Waals surface area contributed by atoms with Gasteiger partial charge in [0, 0.05) is 23.5 Å². The van der Waals surface area contributed by atoms with Crippen molar-refractivity contribution >= 4 is 22.7 Å². The van der Waals surface area contributed by atoms with E-state index in [1.807, 2.05) is 66.2 Å². The fourth-order valence-corrected chi connectivity index (χ4v) is 3.44. The molecule has 4 rings (SSSR count). The number of carbonyl (C=O) groups excluding carboxylic acids is 2. The summed E-state index contributed by atoms with van der Waals surface area (Å²) in [6.45, 7) is 0. The SMILES string of the molecule is Cn1c(-c2ccccc2)c2ccccc2c1C1CC(=O)OC1=O. The normalized spacial score (nSPS) is 17.7. The van der Waals surface area contributed by atoms with Gasteiger partial charge in [-0.2, -0.15) is 0 Å². The molecule has 114 valence electrons. The van der Waals surface area contributed by atoms with E-state index in [4.69, 9.17) is 4.74 Å². The highest BCUT2D eigenvalue weighted by Gasteiger charge is 2.38. The summed E-state index contributed by atoms with van der Waals surface area (Å²) >= 11 is 0. The second-order valence-electron chi connectivity index (χ2n) is 5.75. The summed E-state index contributed by atoms with van der Waals surface area (Å²) in [6.07, 6.45) is 0.106. The number of aromatic nitrogens is 1. The molecule has 0 saturated carbocycles. The van der Waals surface area contributed by atoms with Crippen LogP contribution in [0, 0.1) is 0 Å². The van der Waals surface area contributed by atoms with Gasteiger partial charge in [-0.25, -0.2) is 0 Å². The van der Waals surface area contributed by atoms with Crippen LogP contribution in [0.2, 0.25) is 0 Å². The number of hydrogen-bond donors (Lipinski definition) is 0. The fourth-order valence-electron chi connectivity index (χ4n) is 3.44. The number of nitrogens with zero attached hydrogens (tertiary/aromatic N) is 1. The van der Waals surface area contributed by atoms with Crippen molar-refractivity contribution in [3.8, 4) is 11.3 Å². The Morgan fingerprint density at radius 1 is 0.957 bits per heavy atom. The maximum atomic E-state index is 12.1. The summed E-state index contributed by atoms with van der Waals surface area (Å²) in [7, 11) is 1.94. The van der Waals surface area contributed by atoms with Gasteiger partial charge in [0.15, 0.2) is 0 Å². The first-order valence-electron chi connectivity index (χ1n) is 7.54. The Morgan fingerprint density at radius 2 is 1.61 bits per heavy atom. The largest absolute Gasteiger partial charge is 0.393 e. The zero-order valence-electron chi connectivity index (χ0n) is 12.7. The predicted molar refractivity (Wildman–Crippen MR) is 86.8 cm³/mol. The molecule has 1 atom stereocenters. The van der Waals surface area contributed by atoms with E-state index in [0.717, 1.165) is 27.7 Å². The van der Waals surface area contributed by atoms with Crippen LogP contribution >= 0.6 is 0 Å². The third-order valence-electron chi connectivity index (χ3n) is 4.40. The van der Waals surface area contributed by atoms with E-state index in [1.54, 1.807) is 0 Å². The number of esters is 2. The Bertz CT molecular complexity index is 924. The van der Waals surface area contributed by atoms with E-state index in [9.17, 15) is 9.59 Å². The maximum absolute atomic E-state index is 12.1. The molecular weight excluding hydrogens is 290 g/mol. The van der Waals surface area contributed by atoms with Crippen LogP contribution < -0.4 is 0 Å². The first-order valence-corrected chi connectivity index (χ1v) is 7.54. The molecule has 1 aliphatic heterocycles. The molecule has 0 amide bonds. The smallest absolute Gasteiger partial charge is 0.323 e. The van der Waals surface area contributed by atoms with Crippen molar-refractivity contribution in [3.05, 3.63) is 60.3 Å². The molecule has 3 aromatic rings. The van der Waals surface area contributed by atoms with Crippen LogP contribution in [0.25, 0.3) is 22.0 Å². The quantitative estimate of drug-likeness (QED) is 0.538. The molecule has 23 heavy (non-hydrogen) atoms. The van der Waals surface area contributed by atoms with Crippen molar-refractivity contribution in [3.63, 3.8) is 0 Å². The Hall–Kier alpha value is -2.88. The van der Waals surface area contributed by atoms with E-state index in [0.29, 0.717) is 0 Å². The molecule has 2 heterocycles. The zero-order valence-corrected chi connectivity index (χ0v) is 12.7. The van der Waals surface area contributed by atoms with Gasteiger partial charge in [0.25, 0.3) is 0 Å². The average Bonchev–Trinajstić information content (AvgIpc) is 3.03. The lowest BCUT2D eigenvalue weighted by Crippen LogP contribution is -2.10. The summed E-state index contributed by atoms with van der Waals surface area (Å²) < 4.78 is 6.77. The summed E-state index contributed by atoms with van der Waals surface area (Å²) in [4.78, 5) is 23.6. The molecule has 0 N–H and O–H groups in total. The van der Waals surface area contributed by atoms with Gasteiger partial charge in [0.1, 0.15) is 5.92 Å². The van der Waals surface area contributed by atoms with Crippen LogP contribution in [0.4, 0.5) is 0 Å². The minimum Gasteiger partial charge on any atom is -0.393 e. The Balaban J connectivity index is 2.01. The average molecular weight is 305 g/mol. The highest BCUT2D eigenvalue weighted by atomic mass is 16.6. The first-order chi connectivity index (χ1) is 11.2. The van der Waals surface area contributed by atoms with Crippen LogP contribution in [0.5, 0.6) is 0 Å². The summed E-state index contributed by atoms with van der Waals surface area (Å²) in [6, 6.07) is 18.0. The molecule has 1 aromatic heterocycles. The number of hydrogen-bond acceptors (Lipinski definition) is 3. The molecule has 0 bridgehead atoms. The second kappa shape index (κ2) is 5.09. The maximum Gasteiger partial charge on any atom is 0.323 e. The number of rotatable bonds is 2. The first kappa shape index (κ1) is 13.8. The Labute approximate surface area is 133 Å². The van der Waals surface area contributed by atoms with Crippen LogP contribution in [-0.2, 0) is 21.4 Å². The molecule has 0 aliphatic carbocycles. The Morgan fingerprint density at radius 3 is 2.26 bits per heavy atom. The molecule has 4 nitrogen and oxygen atoms in total. The molecule has 2 aromatic carbocycles. The molecule has 4 heteroatoms. The van der Waals surface area contributed by atoms with Gasteiger partial charge in [-0.3, -0.25) is 9.59 Å². The minimum absolute atomic E-state index is 0.106. The van der Waals surface area contributed by atoms with Gasteiger partial charge in [0.05, 0.1) is 12.1 Å². The predicted octanol–water partition coefficient (Wildman–Crippen LogP) is 3.40. The third-order valence-corrected chi connectivity index (χ3v) is 4.40. The van der Waals surface area contributed by atoms with E-state index >= 15 is 0 Å². The summed E-state index contributed by atoms with van der Waals surface area (Å²) in [5.41, 5.74) is 2.97. The number of cyclic esters (lactones) is 2. The highest BCUT2D eigenvalue weighted by Crippen LogP contribution is 2.39. The molecule has 1 saturated heterocycles. The van der Waals surface area contributed by atoms with Crippen LogP contribution in [-0.4, -0.2) is 16.5 Å². The van der Waals surface area contributed by atoms with E-state index in [1.165, 1.54) is 0 Å². The monoisotopic (exact) mass is 305 g/mol. The number of benzene rings is 2. The van der Waals surface area contributed by atoms with Crippen molar-refractivity contribution < 1.29 is 14.3 Å². The van der Waals surface area contributed by atoms with Crippen molar-refractivity contribution in [2.75, 3.05) is 0 Å². The van der Waals surface area contributed by atoms with Crippen molar-refractivity contribution in [1.82, 2.24) is 4.57 Å². The van der Waals surface area contributed by atoms with Crippen molar-refractivity contribution in [1.29, 1.82) is 0 Å². The van der Waals surface area contributed by atoms with Gasteiger partial charge in [-0.15, -0.1) is 0 Å². The molecular formula is C19H15NO3. The Kier molecular flexibility index (Phi) is 3.05. The van der Waals surface area contributed by atoms with Gasteiger partial charge < -0.3 is 9.30 Å². The topological polar surface area (TPSA) is 48.3 Å². The standard InChI is InChI=1S/C19H15NO3/c1-20-17(12-7-3-2-4-8-12)13-9-5-6-10-14(13)18(20)15-11-16(21)23-19(15)22/h2-10,15H,11H2,1H3. The van der Waals surface area contributed by atoms with Gasteiger partial charge in [-0.05, 0) is 5.56 Å². The van der Waals surface area contributed by atoms with Gasteiger partial charge >= 0.3 is 11.9 Å². The zero-order chi connectivity index (χ0) is 16.0. The number of carbonyl (C=O) groups is 2. The molecule has 1 fully saturated rings. The lowest BCUT2D eigenvalue weighted by atomic mass is 9.99. The van der Waals surface area contributed by atoms with Gasteiger partial charge in [-0.1, -0.05) is 54.6 Å². The van der Waals surface area contributed by atoms with E-state index < -0.39 is 17.9 Å². The minimum atomic E-state index is -0.533. The molecule has 0 radical (unpaired) electrons. The summed E-state index contributed by atoms with van der Waals surface area (Å²) in [5, 5.41) is 2.06. The highest BCUT2D eigenvalue weighted by molar-refractivity contribution is 6.04. The number of ether oxygens (including phenoxy) is 1. The molecule has 0 spiro atoms.